The molecule has 5 heteroatoms. The molecule has 1 aromatic carbocycles. The van der Waals surface area contributed by atoms with Gasteiger partial charge in [0.15, 0.2) is 0 Å². The van der Waals surface area contributed by atoms with Gasteiger partial charge in [-0.3, -0.25) is 9.59 Å². The van der Waals surface area contributed by atoms with Gasteiger partial charge in [-0.25, -0.2) is 0 Å². The lowest BCUT2D eigenvalue weighted by Crippen LogP contribution is -2.47. The average Bonchev–Trinajstić information content (AvgIpc) is 3.10. The number of rotatable bonds is 5. The minimum absolute atomic E-state index is 0.102. The van der Waals surface area contributed by atoms with Crippen molar-refractivity contribution < 1.29 is 9.59 Å². The standard InChI is InChI=1S/C17H23N3O2/c1-11-7-15(11)20-10-13(9-16(20)21)19-17(22)14(18)8-12-5-3-2-4-6-12/h2-6,11,13-15H,7-10,18H2,1H3,(H,19,22)/t11-,13+,14-,15+/m1/s1. The molecule has 1 saturated heterocycles. The van der Waals surface area contributed by atoms with Crippen LogP contribution in [0.1, 0.15) is 25.3 Å². The van der Waals surface area contributed by atoms with Gasteiger partial charge < -0.3 is 16.0 Å². The number of benzene rings is 1. The van der Waals surface area contributed by atoms with Gasteiger partial charge in [-0.15, -0.1) is 0 Å². The van der Waals surface area contributed by atoms with Crippen LogP contribution < -0.4 is 11.1 Å². The minimum Gasteiger partial charge on any atom is -0.350 e. The van der Waals surface area contributed by atoms with Crippen molar-refractivity contribution in [2.45, 2.75) is 44.3 Å². The second-order valence-electron chi connectivity index (χ2n) is 6.53. The summed E-state index contributed by atoms with van der Waals surface area (Å²) in [6, 6.07) is 9.43. The van der Waals surface area contributed by atoms with E-state index in [4.69, 9.17) is 5.73 Å². The summed E-state index contributed by atoms with van der Waals surface area (Å²) in [7, 11) is 0. The monoisotopic (exact) mass is 301 g/mol. The highest BCUT2D eigenvalue weighted by Crippen LogP contribution is 2.37. The van der Waals surface area contributed by atoms with E-state index < -0.39 is 6.04 Å². The highest BCUT2D eigenvalue weighted by molar-refractivity contribution is 5.85. The molecular formula is C17H23N3O2. The lowest BCUT2D eigenvalue weighted by molar-refractivity contribution is -0.128. The molecule has 4 atom stereocenters. The summed E-state index contributed by atoms with van der Waals surface area (Å²) in [6.07, 6.45) is 1.99. The summed E-state index contributed by atoms with van der Waals surface area (Å²) < 4.78 is 0. The van der Waals surface area contributed by atoms with Gasteiger partial charge in [-0.1, -0.05) is 37.3 Å². The first kappa shape index (κ1) is 15.0. The number of carbonyl (C=O) groups excluding carboxylic acids is 2. The van der Waals surface area contributed by atoms with E-state index >= 15 is 0 Å². The van der Waals surface area contributed by atoms with Crippen molar-refractivity contribution in [3.8, 4) is 0 Å². The van der Waals surface area contributed by atoms with Gasteiger partial charge in [0.1, 0.15) is 0 Å². The number of hydrogen-bond acceptors (Lipinski definition) is 3. The Kier molecular flexibility index (Phi) is 4.16. The van der Waals surface area contributed by atoms with Gasteiger partial charge in [0.05, 0.1) is 12.1 Å². The van der Waals surface area contributed by atoms with Crippen molar-refractivity contribution in [1.82, 2.24) is 10.2 Å². The molecule has 1 aliphatic carbocycles. The molecule has 3 N–H and O–H groups in total. The average molecular weight is 301 g/mol. The molecule has 1 aromatic rings. The molecule has 0 bridgehead atoms. The third kappa shape index (κ3) is 3.30. The molecule has 0 unspecified atom stereocenters. The van der Waals surface area contributed by atoms with Crippen LogP contribution in [0.15, 0.2) is 30.3 Å². The zero-order chi connectivity index (χ0) is 15.7. The highest BCUT2D eigenvalue weighted by atomic mass is 16.2. The van der Waals surface area contributed by atoms with Gasteiger partial charge in [-0.05, 0) is 24.3 Å². The Labute approximate surface area is 130 Å². The molecule has 1 heterocycles. The van der Waals surface area contributed by atoms with Crippen LogP contribution in [0.25, 0.3) is 0 Å². The van der Waals surface area contributed by atoms with Crippen LogP contribution in [-0.4, -0.2) is 41.4 Å². The summed E-state index contributed by atoms with van der Waals surface area (Å²) in [5.74, 6) is 0.572. The van der Waals surface area contributed by atoms with Crippen LogP contribution in [0.2, 0.25) is 0 Å². The number of nitrogens with zero attached hydrogens (tertiary/aromatic N) is 1. The third-order valence-corrected chi connectivity index (χ3v) is 4.61. The lowest BCUT2D eigenvalue weighted by Gasteiger charge is -2.18. The van der Waals surface area contributed by atoms with Gasteiger partial charge in [-0.2, -0.15) is 0 Å². The van der Waals surface area contributed by atoms with Crippen molar-refractivity contribution in [3.63, 3.8) is 0 Å². The van der Waals surface area contributed by atoms with Crippen molar-refractivity contribution >= 4 is 11.8 Å². The van der Waals surface area contributed by atoms with Crippen LogP contribution in [0.3, 0.4) is 0 Å². The molecule has 118 valence electrons. The van der Waals surface area contributed by atoms with E-state index in [0.29, 0.717) is 31.3 Å². The lowest BCUT2D eigenvalue weighted by atomic mass is 10.1. The summed E-state index contributed by atoms with van der Waals surface area (Å²) in [4.78, 5) is 26.1. The maximum atomic E-state index is 12.2. The zero-order valence-electron chi connectivity index (χ0n) is 12.9. The number of nitrogens with one attached hydrogen (secondary N) is 1. The van der Waals surface area contributed by atoms with Crippen molar-refractivity contribution in [2.75, 3.05) is 6.54 Å². The Morgan fingerprint density at radius 1 is 1.41 bits per heavy atom. The fourth-order valence-electron chi connectivity index (χ4n) is 3.15. The molecular weight excluding hydrogens is 278 g/mol. The maximum Gasteiger partial charge on any atom is 0.237 e. The summed E-state index contributed by atoms with van der Waals surface area (Å²) in [6.45, 7) is 2.78. The van der Waals surface area contributed by atoms with Gasteiger partial charge >= 0.3 is 0 Å². The number of hydrogen-bond donors (Lipinski definition) is 2. The molecule has 3 rings (SSSR count). The predicted molar refractivity (Wildman–Crippen MR) is 84.0 cm³/mol. The van der Waals surface area contributed by atoms with E-state index in [9.17, 15) is 9.59 Å². The van der Waals surface area contributed by atoms with E-state index in [1.54, 1.807) is 0 Å². The Bertz CT molecular complexity index is 560. The number of amides is 2. The van der Waals surface area contributed by atoms with Crippen LogP contribution >= 0.6 is 0 Å². The molecule has 0 radical (unpaired) electrons. The van der Waals surface area contributed by atoms with Crippen LogP contribution in [-0.2, 0) is 16.0 Å². The molecule has 1 saturated carbocycles. The van der Waals surface area contributed by atoms with Gasteiger partial charge in [0.2, 0.25) is 11.8 Å². The SMILES string of the molecule is C[C@@H]1C[C@@H]1N1C[C@@H](NC(=O)[C@H](N)Cc2ccccc2)CC1=O. The fourth-order valence-corrected chi connectivity index (χ4v) is 3.15. The summed E-state index contributed by atoms with van der Waals surface area (Å²) in [5, 5.41) is 2.93. The first-order chi connectivity index (χ1) is 10.5. The smallest absolute Gasteiger partial charge is 0.237 e. The van der Waals surface area contributed by atoms with E-state index in [1.165, 1.54) is 0 Å². The predicted octanol–water partition coefficient (Wildman–Crippen LogP) is 0.682. The van der Waals surface area contributed by atoms with Crippen molar-refractivity contribution in [2.24, 2.45) is 11.7 Å². The number of likely N-dealkylation sites (tertiary alicyclic amines) is 1. The maximum absolute atomic E-state index is 12.2. The van der Waals surface area contributed by atoms with Gasteiger partial charge in [0.25, 0.3) is 0 Å². The molecule has 5 nitrogen and oxygen atoms in total. The number of nitrogens with two attached hydrogens (primary N) is 1. The Morgan fingerprint density at radius 3 is 2.73 bits per heavy atom. The summed E-state index contributed by atoms with van der Waals surface area (Å²) in [5.41, 5.74) is 7.02. The third-order valence-electron chi connectivity index (χ3n) is 4.61. The fraction of sp³-hybridized carbons (Fsp3) is 0.529. The van der Waals surface area contributed by atoms with E-state index in [1.807, 2.05) is 35.2 Å². The topological polar surface area (TPSA) is 75.4 Å². The second kappa shape index (κ2) is 6.08. The van der Waals surface area contributed by atoms with Crippen LogP contribution in [0, 0.1) is 5.92 Å². The zero-order valence-corrected chi connectivity index (χ0v) is 12.9. The van der Waals surface area contributed by atoms with E-state index in [0.717, 1.165) is 12.0 Å². The Hall–Kier alpha value is -1.88. The first-order valence-corrected chi connectivity index (χ1v) is 7.94. The molecule has 2 aliphatic rings. The van der Waals surface area contributed by atoms with Crippen LogP contribution in [0.5, 0.6) is 0 Å². The quantitative estimate of drug-likeness (QED) is 0.840. The number of carbonyl (C=O) groups is 2. The Morgan fingerprint density at radius 2 is 2.09 bits per heavy atom. The highest BCUT2D eigenvalue weighted by Gasteiger charge is 2.44. The van der Waals surface area contributed by atoms with Crippen molar-refractivity contribution in [3.05, 3.63) is 35.9 Å². The van der Waals surface area contributed by atoms with Crippen LogP contribution in [0.4, 0.5) is 0 Å². The molecule has 0 aromatic heterocycles. The molecule has 2 amide bonds. The normalized spacial score (nSPS) is 28.5. The van der Waals surface area contributed by atoms with Gasteiger partial charge in [0, 0.05) is 19.0 Å². The summed E-state index contributed by atoms with van der Waals surface area (Å²) >= 11 is 0. The largest absolute Gasteiger partial charge is 0.350 e. The van der Waals surface area contributed by atoms with E-state index in [2.05, 4.69) is 12.2 Å². The molecule has 2 fully saturated rings. The minimum atomic E-state index is -0.577. The molecule has 1 aliphatic heterocycles. The molecule has 22 heavy (non-hydrogen) atoms. The molecule has 0 spiro atoms. The second-order valence-corrected chi connectivity index (χ2v) is 6.53. The Balaban J connectivity index is 1.50. The first-order valence-electron chi connectivity index (χ1n) is 7.94. The van der Waals surface area contributed by atoms with Crippen molar-refractivity contribution in [1.29, 1.82) is 0 Å². The van der Waals surface area contributed by atoms with E-state index in [-0.39, 0.29) is 17.9 Å².